The zero-order valence-corrected chi connectivity index (χ0v) is 12.7. The number of nitrogens with one attached hydrogen (secondary N) is 2. The van der Waals surface area contributed by atoms with Gasteiger partial charge in [0.15, 0.2) is 0 Å². The van der Waals surface area contributed by atoms with Crippen LogP contribution < -0.4 is 10.6 Å². The molecule has 1 aromatic heterocycles. The lowest BCUT2D eigenvalue weighted by atomic mass is 10.2. The van der Waals surface area contributed by atoms with Gasteiger partial charge in [0.2, 0.25) is 0 Å². The normalized spacial score (nSPS) is 10.2. The SMILES string of the molecule is CCCNc1cc(C(=O)Nc2cccc(Cl)c2C)ncn1. The Kier molecular flexibility index (Phi) is 5.11. The molecule has 2 aromatic rings. The highest BCUT2D eigenvalue weighted by Gasteiger charge is 2.11. The summed E-state index contributed by atoms with van der Waals surface area (Å²) >= 11 is 6.04. The van der Waals surface area contributed by atoms with Crippen molar-refractivity contribution in [3.63, 3.8) is 0 Å². The van der Waals surface area contributed by atoms with Gasteiger partial charge in [0, 0.05) is 23.3 Å². The van der Waals surface area contributed by atoms with Crippen molar-refractivity contribution in [3.8, 4) is 0 Å². The third-order valence-corrected chi connectivity index (χ3v) is 3.38. The first kappa shape index (κ1) is 15.3. The summed E-state index contributed by atoms with van der Waals surface area (Å²) in [4.78, 5) is 20.3. The van der Waals surface area contributed by atoms with E-state index in [-0.39, 0.29) is 5.91 Å². The fourth-order valence-electron chi connectivity index (χ4n) is 1.76. The average molecular weight is 305 g/mol. The van der Waals surface area contributed by atoms with Crippen LogP contribution in [0.3, 0.4) is 0 Å². The van der Waals surface area contributed by atoms with E-state index in [4.69, 9.17) is 11.6 Å². The molecule has 2 N–H and O–H groups in total. The van der Waals surface area contributed by atoms with E-state index >= 15 is 0 Å². The van der Waals surface area contributed by atoms with Gasteiger partial charge < -0.3 is 10.6 Å². The van der Waals surface area contributed by atoms with E-state index in [1.165, 1.54) is 6.33 Å². The maximum absolute atomic E-state index is 12.2. The van der Waals surface area contributed by atoms with Gasteiger partial charge in [-0.3, -0.25) is 4.79 Å². The Bertz CT molecular complexity index is 645. The first-order valence-electron chi connectivity index (χ1n) is 6.74. The summed E-state index contributed by atoms with van der Waals surface area (Å²) in [7, 11) is 0. The first-order valence-corrected chi connectivity index (χ1v) is 7.12. The van der Waals surface area contributed by atoms with Crippen molar-refractivity contribution in [2.75, 3.05) is 17.2 Å². The molecule has 0 fully saturated rings. The molecule has 6 heteroatoms. The molecule has 0 aliphatic carbocycles. The molecule has 0 saturated carbocycles. The second-order valence-electron chi connectivity index (χ2n) is 4.58. The third kappa shape index (κ3) is 3.92. The zero-order chi connectivity index (χ0) is 15.2. The highest BCUT2D eigenvalue weighted by atomic mass is 35.5. The Hall–Kier alpha value is -2.14. The summed E-state index contributed by atoms with van der Waals surface area (Å²) in [5, 5.41) is 6.54. The summed E-state index contributed by atoms with van der Waals surface area (Å²) in [5.74, 6) is 0.349. The number of carbonyl (C=O) groups excluding carboxylic acids is 1. The van der Waals surface area contributed by atoms with Crippen molar-refractivity contribution in [1.29, 1.82) is 0 Å². The van der Waals surface area contributed by atoms with E-state index in [9.17, 15) is 4.79 Å². The maximum atomic E-state index is 12.2. The van der Waals surface area contributed by atoms with Crippen LogP contribution in [-0.4, -0.2) is 22.4 Å². The van der Waals surface area contributed by atoms with E-state index in [1.54, 1.807) is 24.3 Å². The topological polar surface area (TPSA) is 66.9 Å². The van der Waals surface area contributed by atoms with Gasteiger partial charge in [-0.1, -0.05) is 24.6 Å². The van der Waals surface area contributed by atoms with Crippen LogP contribution in [-0.2, 0) is 0 Å². The van der Waals surface area contributed by atoms with Gasteiger partial charge in [0.1, 0.15) is 17.8 Å². The molecule has 0 bridgehead atoms. The number of nitrogens with zero attached hydrogens (tertiary/aromatic N) is 2. The van der Waals surface area contributed by atoms with Gasteiger partial charge in [0.25, 0.3) is 5.91 Å². The fraction of sp³-hybridized carbons (Fsp3) is 0.267. The largest absolute Gasteiger partial charge is 0.370 e. The molecule has 0 atom stereocenters. The lowest BCUT2D eigenvalue weighted by Gasteiger charge is -2.10. The summed E-state index contributed by atoms with van der Waals surface area (Å²) in [6.07, 6.45) is 2.35. The summed E-state index contributed by atoms with van der Waals surface area (Å²) < 4.78 is 0. The lowest BCUT2D eigenvalue weighted by molar-refractivity contribution is 0.102. The third-order valence-electron chi connectivity index (χ3n) is 2.97. The van der Waals surface area contributed by atoms with Crippen molar-refractivity contribution in [3.05, 3.63) is 46.9 Å². The molecule has 21 heavy (non-hydrogen) atoms. The lowest BCUT2D eigenvalue weighted by Crippen LogP contribution is -2.15. The average Bonchev–Trinajstić information content (AvgIpc) is 2.50. The Morgan fingerprint density at radius 3 is 2.90 bits per heavy atom. The van der Waals surface area contributed by atoms with E-state index in [1.807, 2.05) is 6.92 Å². The number of hydrogen-bond acceptors (Lipinski definition) is 4. The molecule has 1 aromatic carbocycles. The van der Waals surface area contributed by atoms with Crippen LogP contribution in [0.5, 0.6) is 0 Å². The van der Waals surface area contributed by atoms with Crippen LogP contribution in [0.4, 0.5) is 11.5 Å². The van der Waals surface area contributed by atoms with Crippen molar-refractivity contribution >= 4 is 29.0 Å². The molecule has 0 saturated heterocycles. The van der Waals surface area contributed by atoms with Crippen molar-refractivity contribution in [2.24, 2.45) is 0 Å². The summed E-state index contributed by atoms with van der Waals surface area (Å²) in [6, 6.07) is 7.00. The minimum absolute atomic E-state index is 0.290. The number of carbonyl (C=O) groups is 1. The predicted molar refractivity (Wildman–Crippen MR) is 85.0 cm³/mol. The van der Waals surface area contributed by atoms with Crippen LogP contribution in [0.25, 0.3) is 0 Å². The second kappa shape index (κ2) is 7.04. The molecule has 2 rings (SSSR count). The summed E-state index contributed by atoms with van der Waals surface area (Å²) in [5.41, 5.74) is 1.81. The molecule has 110 valence electrons. The van der Waals surface area contributed by atoms with Gasteiger partial charge >= 0.3 is 0 Å². The zero-order valence-electron chi connectivity index (χ0n) is 12.0. The van der Waals surface area contributed by atoms with Crippen LogP contribution in [0.2, 0.25) is 5.02 Å². The Balaban J connectivity index is 2.15. The van der Waals surface area contributed by atoms with E-state index < -0.39 is 0 Å². The van der Waals surface area contributed by atoms with Crippen molar-refractivity contribution < 1.29 is 4.79 Å². The molecule has 1 amide bonds. The van der Waals surface area contributed by atoms with Gasteiger partial charge in [-0.15, -0.1) is 0 Å². The monoisotopic (exact) mass is 304 g/mol. The molecule has 5 nitrogen and oxygen atoms in total. The number of hydrogen-bond donors (Lipinski definition) is 2. The smallest absolute Gasteiger partial charge is 0.274 e. The van der Waals surface area contributed by atoms with Crippen LogP contribution in [0, 0.1) is 6.92 Å². The molecule has 0 aliphatic heterocycles. The Labute approximate surface area is 128 Å². The van der Waals surface area contributed by atoms with Crippen LogP contribution >= 0.6 is 11.6 Å². The molecule has 0 radical (unpaired) electrons. The van der Waals surface area contributed by atoms with Gasteiger partial charge in [-0.2, -0.15) is 0 Å². The number of amides is 1. The second-order valence-corrected chi connectivity index (χ2v) is 4.99. The number of benzene rings is 1. The fourth-order valence-corrected chi connectivity index (χ4v) is 1.94. The molecule has 1 heterocycles. The van der Waals surface area contributed by atoms with E-state index in [0.717, 1.165) is 18.5 Å². The van der Waals surface area contributed by atoms with Crippen LogP contribution in [0.15, 0.2) is 30.6 Å². The van der Waals surface area contributed by atoms with Gasteiger partial charge in [0.05, 0.1) is 0 Å². The summed E-state index contributed by atoms with van der Waals surface area (Å²) in [6.45, 7) is 4.71. The molecular formula is C15H17ClN4O. The van der Waals surface area contributed by atoms with Crippen molar-refractivity contribution in [1.82, 2.24) is 9.97 Å². The van der Waals surface area contributed by atoms with Crippen molar-refractivity contribution in [2.45, 2.75) is 20.3 Å². The maximum Gasteiger partial charge on any atom is 0.274 e. The quantitative estimate of drug-likeness (QED) is 0.887. The minimum atomic E-state index is -0.290. The highest BCUT2D eigenvalue weighted by Crippen LogP contribution is 2.23. The first-order chi connectivity index (χ1) is 10.1. The van der Waals surface area contributed by atoms with Gasteiger partial charge in [-0.05, 0) is 31.0 Å². The number of anilines is 2. The standard InChI is InChI=1S/C15H17ClN4O/c1-3-7-17-14-8-13(18-9-19-14)15(21)20-12-6-4-5-11(16)10(12)2/h4-6,8-9H,3,7H2,1-2H3,(H,20,21)(H,17,18,19). The number of halogens is 1. The predicted octanol–water partition coefficient (Wildman–Crippen LogP) is 3.51. The molecular weight excluding hydrogens is 288 g/mol. The van der Waals surface area contributed by atoms with E-state index in [2.05, 4.69) is 27.5 Å². The number of rotatable bonds is 5. The number of aromatic nitrogens is 2. The highest BCUT2D eigenvalue weighted by molar-refractivity contribution is 6.31. The van der Waals surface area contributed by atoms with E-state index in [0.29, 0.717) is 22.2 Å². The molecule has 0 spiro atoms. The Morgan fingerprint density at radius 1 is 1.33 bits per heavy atom. The Morgan fingerprint density at radius 2 is 2.14 bits per heavy atom. The van der Waals surface area contributed by atoms with Crippen LogP contribution in [0.1, 0.15) is 29.4 Å². The minimum Gasteiger partial charge on any atom is -0.370 e. The van der Waals surface area contributed by atoms with Gasteiger partial charge in [-0.25, -0.2) is 9.97 Å². The molecule has 0 unspecified atom stereocenters. The molecule has 0 aliphatic rings.